The molecule has 1 atom stereocenters. The number of sulfonamides is 1. The summed E-state index contributed by atoms with van der Waals surface area (Å²) in [6.07, 6.45) is 1.60. The van der Waals surface area contributed by atoms with E-state index in [0.29, 0.717) is 25.2 Å². The zero-order valence-corrected chi connectivity index (χ0v) is 15.7. The van der Waals surface area contributed by atoms with Crippen LogP contribution in [0.3, 0.4) is 0 Å². The van der Waals surface area contributed by atoms with Crippen molar-refractivity contribution >= 4 is 21.6 Å². The van der Waals surface area contributed by atoms with Crippen LogP contribution in [-0.4, -0.2) is 69.6 Å². The highest BCUT2D eigenvalue weighted by molar-refractivity contribution is 7.92. The van der Waals surface area contributed by atoms with Gasteiger partial charge in [0.2, 0.25) is 15.9 Å². The number of piperazine rings is 1. The van der Waals surface area contributed by atoms with Crippen LogP contribution in [0.25, 0.3) is 0 Å². The maximum atomic E-state index is 13.0. The molecule has 2 rings (SSSR count). The first kappa shape index (κ1) is 18.7. The molecule has 0 spiro atoms. The van der Waals surface area contributed by atoms with Gasteiger partial charge in [-0.3, -0.25) is 9.10 Å². The van der Waals surface area contributed by atoms with E-state index in [0.717, 1.165) is 24.9 Å². The molecule has 7 heteroatoms. The zero-order chi connectivity index (χ0) is 17.9. The molecule has 6 nitrogen and oxygen atoms in total. The van der Waals surface area contributed by atoms with Crippen molar-refractivity contribution in [2.75, 3.05) is 43.8 Å². The lowest BCUT2D eigenvalue weighted by atomic mass is 10.1. The van der Waals surface area contributed by atoms with E-state index < -0.39 is 16.1 Å². The van der Waals surface area contributed by atoms with Crippen LogP contribution in [0.4, 0.5) is 5.69 Å². The lowest BCUT2D eigenvalue weighted by Gasteiger charge is -2.37. The van der Waals surface area contributed by atoms with E-state index >= 15 is 0 Å². The molecule has 0 aliphatic carbocycles. The first-order valence-corrected chi connectivity index (χ1v) is 10.1. The van der Waals surface area contributed by atoms with Gasteiger partial charge in [-0.05, 0) is 38.1 Å². The van der Waals surface area contributed by atoms with Gasteiger partial charge in [-0.15, -0.1) is 0 Å². The molecule has 0 N–H and O–H groups in total. The summed E-state index contributed by atoms with van der Waals surface area (Å²) in [4.78, 5) is 16.9. The third-order valence-corrected chi connectivity index (χ3v) is 5.56. The molecular weight excluding hydrogens is 326 g/mol. The number of carbonyl (C=O) groups excluding carboxylic acids is 1. The fourth-order valence-electron chi connectivity index (χ4n) is 3.05. The second-order valence-electron chi connectivity index (χ2n) is 6.45. The number of amides is 1. The first-order chi connectivity index (χ1) is 11.2. The molecule has 1 fully saturated rings. The summed E-state index contributed by atoms with van der Waals surface area (Å²) < 4.78 is 26.1. The number of likely N-dealkylation sites (N-methyl/N-ethyl adjacent to an activating group) is 1. The molecule has 1 amide bonds. The van der Waals surface area contributed by atoms with Gasteiger partial charge in [0.15, 0.2) is 0 Å². The molecule has 1 unspecified atom stereocenters. The quantitative estimate of drug-likeness (QED) is 0.801. The fourth-order valence-corrected chi connectivity index (χ4v) is 4.24. The Morgan fingerprint density at radius 3 is 2.38 bits per heavy atom. The van der Waals surface area contributed by atoms with Crippen LogP contribution in [0.1, 0.15) is 18.9 Å². The Hall–Kier alpha value is -1.60. The van der Waals surface area contributed by atoms with Gasteiger partial charge >= 0.3 is 0 Å². The minimum Gasteiger partial charge on any atom is -0.338 e. The van der Waals surface area contributed by atoms with E-state index in [9.17, 15) is 13.2 Å². The van der Waals surface area contributed by atoms with E-state index in [1.165, 1.54) is 4.31 Å². The first-order valence-electron chi connectivity index (χ1n) is 8.27. The van der Waals surface area contributed by atoms with Gasteiger partial charge in [-0.25, -0.2) is 8.42 Å². The molecule has 1 saturated heterocycles. The predicted molar refractivity (Wildman–Crippen MR) is 96.7 cm³/mol. The number of aryl methyl sites for hydroxylation is 1. The average molecular weight is 353 g/mol. The van der Waals surface area contributed by atoms with Crippen LogP contribution in [0.5, 0.6) is 0 Å². The summed E-state index contributed by atoms with van der Waals surface area (Å²) in [6, 6.07) is 6.57. The highest BCUT2D eigenvalue weighted by Crippen LogP contribution is 2.24. The number of benzene rings is 1. The summed E-state index contributed by atoms with van der Waals surface area (Å²) in [5.41, 5.74) is 1.51. The largest absolute Gasteiger partial charge is 0.338 e. The zero-order valence-electron chi connectivity index (χ0n) is 14.9. The maximum Gasteiger partial charge on any atom is 0.246 e. The minimum absolute atomic E-state index is 0.113. The molecule has 24 heavy (non-hydrogen) atoms. The molecule has 0 bridgehead atoms. The Balaban J connectivity index is 2.34. The normalized spacial score (nSPS) is 17.6. The van der Waals surface area contributed by atoms with Crippen LogP contribution < -0.4 is 4.31 Å². The van der Waals surface area contributed by atoms with Crippen molar-refractivity contribution in [1.82, 2.24) is 9.80 Å². The highest BCUT2D eigenvalue weighted by Gasteiger charge is 2.34. The molecule has 134 valence electrons. The van der Waals surface area contributed by atoms with Gasteiger partial charge in [0.25, 0.3) is 0 Å². The second kappa shape index (κ2) is 7.53. The average Bonchev–Trinajstić information content (AvgIpc) is 2.51. The Labute approximate surface area is 145 Å². The lowest BCUT2D eigenvalue weighted by Crippen LogP contribution is -2.55. The smallest absolute Gasteiger partial charge is 0.246 e. The van der Waals surface area contributed by atoms with Gasteiger partial charge in [-0.2, -0.15) is 0 Å². The Morgan fingerprint density at radius 1 is 1.25 bits per heavy atom. The number of carbonyl (C=O) groups is 1. The van der Waals surface area contributed by atoms with Crippen molar-refractivity contribution in [2.24, 2.45) is 0 Å². The van der Waals surface area contributed by atoms with Gasteiger partial charge in [0.05, 0.1) is 11.9 Å². The lowest BCUT2D eigenvalue weighted by molar-refractivity contribution is -0.134. The van der Waals surface area contributed by atoms with Crippen LogP contribution in [-0.2, 0) is 14.8 Å². The Morgan fingerprint density at radius 2 is 1.88 bits per heavy atom. The number of nitrogens with zero attached hydrogens (tertiary/aromatic N) is 3. The van der Waals surface area contributed by atoms with Crippen molar-refractivity contribution in [3.8, 4) is 0 Å². The van der Waals surface area contributed by atoms with Gasteiger partial charge in [0.1, 0.15) is 6.04 Å². The molecule has 1 aliphatic heterocycles. The SMILES string of the molecule is CCC(C(=O)N1CCN(C)CC1)N(c1cccc(C)c1)S(C)(=O)=O. The Kier molecular flexibility index (Phi) is 5.87. The van der Waals surface area contributed by atoms with E-state index in [1.54, 1.807) is 17.0 Å². The second-order valence-corrected chi connectivity index (χ2v) is 8.31. The predicted octanol–water partition coefficient (Wildman–Crippen LogP) is 1.31. The molecule has 0 aromatic heterocycles. The van der Waals surface area contributed by atoms with Crippen molar-refractivity contribution in [3.05, 3.63) is 29.8 Å². The molecule has 1 aliphatic rings. The topological polar surface area (TPSA) is 60.9 Å². The fraction of sp³-hybridized carbons (Fsp3) is 0.588. The number of hydrogen-bond acceptors (Lipinski definition) is 4. The van der Waals surface area contributed by atoms with Crippen LogP contribution in [0.15, 0.2) is 24.3 Å². The van der Waals surface area contributed by atoms with Gasteiger partial charge in [-0.1, -0.05) is 19.1 Å². The third-order valence-electron chi connectivity index (χ3n) is 4.38. The summed E-state index contributed by atoms with van der Waals surface area (Å²) in [5, 5.41) is 0. The molecule has 1 heterocycles. The number of rotatable bonds is 5. The van der Waals surface area contributed by atoms with Crippen molar-refractivity contribution in [3.63, 3.8) is 0 Å². The van der Waals surface area contributed by atoms with Crippen LogP contribution >= 0.6 is 0 Å². The maximum absolute atomic E-state index is 13.0. The van der Waals surface area contributed by atoms with E-state index in [2.05, 4.69) is 4.90 Å². The summed E-state index contributed by atoms with van der Waals surface area (Å²) in [7, 11) is -1.54. The van der Waals surface area contributed by atoms with E-state index in [-0.39, 0.29) is 5.91 Å². The van der Waals surface area contributed by atoms with Crippen molar-refractivity contribution < 1.29 is 13.2 Å². The van der Waals surface area contributed by atoms with E-state index in [1.807, 2.05) is 33.0 Å². The van der Waals surface area contributed by atoms with Crippen LogP contribution in [0, 0.1) is 6.92 Å². The summed E-state index contributed by atoms with van der Waals surface area (Å²) >= 11 is 0. The molecular formula is C17H27N3O3S. The molecule has 0 saturated carbocycles. The molecule has 0 radical (unpaired) electrons. The number of hydrogen-bond donors (Lipinski definition) is 0. The monoisotopic (exact) mass is 353 g/mol. The Bertz CT molecular complexity index is 682. The van der Waals surface area contributed by atoms with Crippen molar-refractivity contribution in [2.45, 2.75) is 26.3 Å². The summed E-state index contributed by atoms with van der Waals surface area (Å²) in [5.74, 6) is -0.113. The number of anilines is 1. The minimum atomic E-state index is -3.57. The third kappa shape index (κ3) is 4.27. The van der Waals surface area contributed by atoms with E-state index in [4.69, 9.17) is 0 Å². The van der Waals surface area contributed by atoms with Gasteiger partial charge < -0.3 is 9.80 Å². The summed E-state index contributed by atoms with van der Waals surface area (Å²) in [6.45, 7) is 6.66. The van der Waals surface area contributed by atoms with Crippen LogP contribution in [0.2, 0.25) is 0 Å². The molecule has 1 aromatic carbocycles. The van der Waals surface area contributed by atoms with Gasteiger partial charge in [0, 0.05) is 26.2 Å². The standard InChI is InChI=1S/C17H27N3O3S/c1-5-16(17(21)19-11-9-18(3)10-12-19)20(24(4,22)23)15-8-6-7-14(2)13-15/h6-8,13,16H,5,9-12H2,1-4H3. The van der Waals surface area contributed by atoms with Crippen molar-refractivity contribution in [1.29, 1.82) is 0 Å². The highest BCUT2D eigenvalue weighted by atomic mass is 32.2. The molecule has 1 aromatic rings.